The van der Waals surface area contributed by atoms with Crippen LogP contribution in [0.3, 0.4) is 0 Å². The van der Waals surface area contributed by atoms with E-state index >= 15 is 0 Å². The molecule has 2 heterocycles. The molecule has 0 fully saturated rings. The van der Waals surface area contributed by atoms with E-state index < -0.39 is 0 Å². The van der Waals surface area contributed by atoms with Gasteiger partial charge >= 0.3 is 0 Å². The number of aromatic nitrogens is 3. The molecule has 0 radical (unpaired) electrons. The fourth-order valence-corrected chi connectivity index (χ4v) is 3.30. The zero-order chi connectivity index (χ0) is 16.0. The van der Waals surface area contributed by atoms with Gasteiger partial charge in [0.15, 0.2) is 0 Å². The molecule has 3 rings (SSSR count). The summed E-state index contributed by atoms with van der Waals surface area (Å²) < 4.78 is 2.42. The monoisotopic (exact) mass is 357 g/mol. The van der Waals surface area contributed by atoms with Crippen molar-refractivity contribution < 1.29 is 0 Å². The molecule has 4 nitrogen and oxygen atoms in total. The Hall–Kier alpha value is -2.01. The maximum absolute atomic E-state index is 12.7. The number of hydrogen-bond donors (Lipinski definition) is 0. The van der Waals surface area contributed by atoms with E-state index in [9.17, 15) is 4.79 Å². The standard InChI is InChI=1S/C17H16BrN3O/c1-9-5-12-15(14(18)6-9)20-16(21(4)17(12)22)13-8-19-11(3)7-10(13)2/h5-8H,1-4H3. The lowest BCUT2D eigenvalue weighted by molar-refractivity contribution is 0.852. The van der Waals surface area contributed by atoms with Gasteiger partial charge in [0.2, 0.25) is 0 Å². The molecular formula is C17H16BrN3O. The molecular weight excluding hydrogens is 342 g/mol. The number of aryl methyl sites for hydroxylation is 3. The van der Waals surface area contributed by atoms with Gasteiger partial charge in [-0.3, -0.25) is 14.3 Å². The fourth-order valence-electron chi connectivity index (χ4n) is 2.64. The summed E-state index contributed by atoms with van der Waals surface area (Å²) >= 11 is 3.52. The van der Waals surface area contributed by atoms with Crippen LogP contribution in [0.5, 0.6) is 0 Å². The zero-order valence-electron chi connectivity index (χ0n) is 12.9. The second kappa shape index (κ2) is 5.32. The molecule has 0 spiro atoms. The first-order valence-electron chi connectivity index (χ1n) is 6.99. The molecule has 0 saturated heterocycles. The first-order valence-corrected chi connectivity index (χ1v) is 7.78. The maximum Gasteiger partial charge on any atom is 0.261 e. The summed E-state index contributed by atoms with van der Waals surface area (Å²) in [4.78, 5) is 21.7. The molecule has 0 unspecified atom stereocenters. The van der Waals surface area contributed by atoms with E-state index in [1.165, 1.54) is 0 Å². The summed E-state index contributed by atoms with van der Waals surface area (Å²) in [5.74, 6) is 0.632. The van der Waals surface area contributed by atoms with Crippen molar-refractivity contribution in [3.63, 3.8) is 0 Å². The second-order valence-corrected chi connectivity index (χ2v) is 6.44. The van der Waals surface area contributed by atoms with Crippen molar-refractivity contribution in [1.82, 2.24) is 14.5 Å². The van der Waals surface area contributed by atoms with E-state index in [2.05, 4.69) is 20.9 Å². The molecule has 0 saturated carbocycles. The summed E-state index contributed by atoms with van der Waals surface area (Å²) in [6, 6.07) is 5.84. The average Bonchev–Trinajstić information content (AvgIpc) is 2.44. The summed E-state index contributed by atoms with van der Waals surface area (Å²) in [6.45, 7) is 5.92. The van der Waals surface area contributed by atoms with Gasteiger partial charge < -0.3 is 0 Å². The van der Waals surface area contributed by atoms with Crippen LogP contribution < -0.4 is 5.56 Å². The third kappa shape index (κ3) is 2.35. The summed E-state index contributed by atoms with van der Waals surface area (Å²) in [6.07, 6.45) is 1.78. The van der Waals surface area contributed by atoms with Crippen LogP contribution in [-0.2, 0) is 7.05 Å². The Kier molecular flexibility index (Phi) is 3.60. The number of hydrogen-bond acceptors (Lipinski definition) is 3. The first-order chi connectivity index (χ1) is 10.4. The molecule has 3 aromatic rings. The van der Waals surface area contributed by atoms with E-state index in [-0.39, 0.29) is 5.56 Å². The third-order valence-electron chi connectivity index (χ3n) is 3.77. The maximum atomic E-state index is 12.7. The van der Waals surface area contributed by atoms with Gasteiger partial charge in [-0.15, -0.1) is 0 Å². The number of halogens is 1. The van der Waals surface area contributed by atoms with E-state index in [1.807, 2.05) is 39.0 Å². The van der Waals surface area contributed by atoms with Crippen LogP contribution in [0.1, 0.15) is 16.8 Å². The largest absolute Gasteiger partial charge is 0.295 e. The first kappa shape index (κ1) is 14.9. The van der Waals surface area contributed by atoms with Crippen LogP contribution in [0, 0.1) is 20.8 Å². The number of fused-ring (bicyclic) bond motifs is 1. The number of benzene rings is 1. The summed E-state index contributed by atoms with van der Waals surface area (Å²) in [5, 5.41) is 0.621. The van der Waals surface area contributed by atoms with Gasteiger partial charge in [0, 0.05) is 29.0 Å². The molecule has 0 N–H and O–H groups in total. The molecule has 0 amide bonds. The predicted molar refractivity (Wildman–Crippen MR) is 92.1 cm³/mol. The van der Waals surface area contributed by atoms with Crippen molar-refractivity contribution in [2.45, 2.75) is 20.8 Å². The predicted octanol–water partition coefficient (Wildman–Crippen LogP) is 3.68. The SMILES string of the molecule is Cc1cc(Br)c2nc(-c3cnc(C)cc3C)n(C)c(=O)c2c1. The molecule has 0 aliphatic carbocycles. The quantitative estimate of drug-likeness (QED) is 0.667. The Morgan fingerprint density at radius 3 is 2.55 bits per heavy atom. The Morgan fingerprint density at radius 2 is 1.86 bits per heavy atom. The topological polar surface area (TPSA) is 47.8 Å². The Bertz CT molecular complexity index is 960. The van der Waals surface area contributed by atoms with Crippen LogP contribution in [0.4, 0.5) is 0 Å². The van der Waals surface area contributed by atoms with Gasteiger partial charge in [-0.1, -0.05) is 0 Å². The lowest BCUT2D eigenvalue weighted by Crippen LogP contribution is -2.21. The number of pyridine rings is 1. The minimum absolute atomic E-state index is 0.0515. The lowest BCUT2D eigenvalue weighted by atomic mass is 10.1. The Labute approximate surface area is 137 Å². The van der Waals surface area contributed by atoms with Gasteiger partial charge in [0.25, 0.3) is 5.56 Å². The highest BCUT2D eigenvalue weighted by molar-refractivity contribution is 9.10. The minimum atomic E-state index is -0.0515. The van der Waals surface area contributed by atoms with Crippen LogP contribution in [0.2, 0.25) is 0 Å². The highest BCUT2D eigenvalue weighted by atomic mass is 79.9. The smallest absolute Gasteiger partial charge is 0.261 e. The highest BCUT2D eigenvalue weighted by Gasteiger charge is 2.14. The van der Waals surface area contributed by atoms with Gasteiger partial charge in [-0.2, -0.15) is 0 Å². The van der Waals surface area contributed by atoms with Crippen molar-refractivity contribution in [2.24, 2.45) is 7.05 Å². The molecule has 5 heteroatoms. The average molecular weight is 358 g/mol. The van der Waals surface area contributed by atoms with Crippen molar-refractivity contribution >= 4 is 26.8 Å². The Balaban J connectivity index is 2.41. The van der Waals surface area contributed by atoms with Crippen LogP contribution in [-0.4, -0.2) is 14.5 Å². The van der Waals surface area contributed by atoms with Gasteiger partial charge in [0.05, 0.1) is 10.9 Å². The van der Waals surface area contributed by atoms with E-state index in [0.29, 0.717) is 16.7 Å². The van der Waals surface area contributed by atoms with Gasteiger partial charge in [0.1, 0.15) is 5.82 Å². The molecule has 22 heavy (non-hydrogen) atoms. The summed E-state index contributed by atoms with van der Waals surface area (Å²) in [5.41, 5.74) is 4.54. The molecule has 112 valence electrons. The van der Waals surface area contributed by atoms with E-state index in [4.69, 9.17) is 4.98 Å². The number of rotatable bonds is 1. The van der Waals surface area contributed by atoms with Crippen molar-refractivity contribution in [1.29, 1.82) is 0 Å². The third-order valence-corrected chi connectivity index (χ3v) is 4.37. The molecule has 1 aromatic carbocycles. The normalized spacial score (nSPS) is 11.1. The highest BCUT2D eigenvalue weighted by Crippen LogP contribution is 2.26. The van der Waals surface area contributed by atoms with E-state index in [1.54, 1.807) is 17.8 Å². The molecule has 0 bridgehead atoms. The van der Waals surface area contributed by atoms with Crippen LogP contribution >= 0.6 is 15.9 Å². The molecule has 0 atom stereocenters. The van der Waals surface area contributed by atoms with Crippen LogP contribution in [0.25, 0.3) is 22.3 Å². The molecule has 0 aliphatic heterocycles. The van der Waals surface area contributed by atoms with Crippen molar-refractivity contribution in [3.05, 3.63) is 56.0 Å². The minimum Gasteiger partial charge on any atom is -0.295 e. The second-order valence-electron chi connectivity index (χ2n) is 5.58. The Morgan fingerprint density at radius 1 is 1.14 bits per heavy atom. The van der Waals surface area contributed by atoms with Gasteiger partial charge in [-0.25, -0.2) is 4.98 Å². The number of nitrogens with zero attached hydrogens (tertiary/aromatic N) is 3. The van der Waals surface area contributed by atoms with Crippen molar-refractivity contribution in [3.8, 4) is 11.4 Å². The fraction of sp³-hybridized carbons (Fsp3) is 0.235. The molecule has 2 aromatic heterocycles. The molecule has 0 aliphatic rings. The zero-order valence-corrected chi connectivity index (χ0v) is 14.5. The summed E-state index contributed by atoms with van der Waals surface area (Å²) in [7, 11) is 1.75. The lowest BCUT2D eigenvalue weighted by Gasteiger charge is -2.12. The van der Waals surface area contributed by atoms with Gasteiger partial charge in [-0.05, 0) is 66.0 Å². The van der Waals surface area contributed by atoms with E-state index in [0.717, 1.165) is 26.9 Å². The van der Waals surface area contributed by atoms with Crippen LogP contribution in [0.15, 0.2) is 33.7 Å². The van der Waals surface area contributed by atoms with Crippen molar-refractivity contribution in [2.75, 3.05) is 0 Å².